The highest BCUT2D eigenvalue weighted by Gasteiger charge is 2.26. The van der Waals surface area contributed by atoms with Crippen LogP contribution in [0.15, 0.2) is 57.7 Å². The first-order chi connectivity index (χ1) is 12.0. The minimum absolute atomic E-state index is 0.0665. The summed E-state index contributed by atoms with van der Waals surface area (Å²) in [5, 5.41) is 46.3. The largest absolute Gasteiger partial charge is 0.507 e. The molecule has 25 heavy (non-hydrogen) atoms. The lowest BCUT2D eigenvalue weighted by Gasteiger charge is -2.22. The van der Waals surface area contributed by atoms with Crippen LogP contribution in [0.3, 0.4) is 0 Å². The van der Waals surface area contributed by atoms with Gasteiger partial charge in [0.15, 0.2) is 0 Å². The molecule has 0 bridgehead atoms. The van der Waals surface area contributed by atoms with Crippen LogP contribution < -0.4 is 0 Å². The normalized spacial score (nSPS) is 12.3. The van der Waals surface area contributed by atoms with E-state index >= 15 is 0 Å². The molecule has 132 valence electrons. The van der Waals surface area contributed by atoms with Gasteiger partial charge in [-0.1, -0.05) is 23.7 Å². The zero-order chi connectivity index (χ0) is 18.3. The third-order valence-electron chi connectivity index (χ3n) is 3.50. The van der Waals surface area contributed by atoms with Gasteiger partial charge in [-0.2, -0.15) is 5.11 Å². The molecule has 0 amide bonds. The maximum Gasteiger partial charge on any atom is 0.129 e. The summed E-state index contributed by atoms with van der Waals surface area (Å²) >= 11 is 6.01. The Balaban J connectivity index is 2.27. The van der Waals surface area contributed by atoms with Gasteiger partial charge in [-0.05, 0) is 30.3 Å². The number of phenols is 1. The molecule has 8 heteroatoms. The van der Waals surface area contributed by atoms with E-state index in [0.29, 0.717) is 22.0 Å². The van der Waals surface area contributed by atoms with Crippen molar-refractivity contribution in [1.82, 2.24) is 0 Å². The van der Waals surface area contributed by atoms with Crippen LogP contribution in [-0.4, -0.2) is 52.0 Å². The summed E-state index contributed by atoms with van der Waals surface area (Å²) in [6, 6.07) is 11.5. The smallest absolute Gasteiger partial charge is 0.129 e. The highest BCUT2D eigenvalue weighted by molar-refractivity contribution is 6.32. The van der Waals surface area contributed by atoms with Crippen LogP contribution in [0.2, 0.25) is 5.02 Å². The molecular formula is C17H18ClN3O4. The van der Waals surface area contributed by atoms with Crippen LogP contribution in [0.25, 0.3) is 0 Å². The van der Waals surface area contributed by atoms with Crippen LogP contribution in [0.1, 0.15) is 5.56 Å². The number of azo groups is 1. The predicted octanol–water partition coefficient (Wildman–Crippen LogP) is 2.60. The SMILES string of the molecule is OCC(CO)(CO)N=Cc1cc(N=Nc2ccccc2Cl)ccc1O. The molecule has 7 nitrogen and oxygen atoms in total. The Kier molecular flexibility index (Phi) is 6.60. The molecule has 0 aliphatic rings. The minimum atomic E-state index is -1.42. The number of nitrogens with zero attached hydrogens (tertiary/aromatic N) is 3. The van der Waals surface area contributed by atoms with Crippen molar-refractivity contribution in [1.29, 1.82) is 0 Å². The molecule has 2 rings (SSSR count). The number of phenolic OH excluding ortho intramolecular Hbond substituents is 1. The number of aliphatic hydroxyl groups is 3. The summed E-state index contributed by atoms with van der Waals surface area (Å²) in [5.41, 5.74) is -0.161. The molecule has 0 aromatic heterocycles. The van der Waals surface area contributed by atoms with Crippen molar-refractivity contribution >= 4 is 29.2 Å². The molecule has 0 aliphatic carbocycles. The lowest BCUT2D eigenvalue weighted by molar-refractivity contribution is 0.0718. The zero-order valence-electron chi connectivity index (χ0n) is 13.2. The lowest BCUT2D eigenvalue weighted by atomic mass is 10.0. The maximum atomic E-state index is 9.91. The summed E-state index contributed by atoms with van der Waals surface area (Å²) < 4.78 is 0. The average Bonchev–Trinajstić information content (AvgIpc) is 2.64. The second-order valence-corrected chi connectivity index (χ2v) is 5.76. The number of hydrogen-bond donors (Lipinski definition) is 4. The number of aliphatic imine (C=N–C) groups is 1. The first-order valence-electron chi connectivity index (χ1n) is 7.41. The van der Waals surface area contributed by atoms with Gasteiger partial charge in [0.1, 0.15) is 17.0 Å². The van der Waals surface area contributed by atoms with Crippen molar-refractivity contribution in [2.45, 2.75) is 5.54 Å². The fourth-order valence-corrected chi connectivity index (χ4v) is 2.00. The van der Waals surface area contributed by atoms with E-state index in [9.17, 15) is 20.4 Å². The van der Waals surface area contributed by atoms with E-state index in [2.05, 4.69) is 15.2 Å². The molecule has 2 aromatic rings. The third kappa shape index (κ3) is 4.83. The fourth-order valence-electron chi connectivity index (χ4n) is 1.83. The molecule has 0 atom stereocenters. The Labute approximate surface area is 149 Å². The van der Waals surface area contributed by atoms with Crippen molar-refractivity contribution in [2.75, 3.05) is 19.8 Å². The molecule has 0 heterocycles. The second kappa shape index (κ2) is 8.68. The van der Waals surface area contributed by atoms with Gasteiger partial charge < -0.3 is 20.4 Å². The van der Waals surface area contributed by atoms with Gasteiger partial charge in [0.2, 0.25) is 0 Å². The van der Waals surface area contributed by atoms with Crippen molar-refractivity contribution in [2.24, 2.45) is 15.2 Å². The number of rotatable bonds is 7. The Morgan fingerprint density at radius 1 is 0.960 bits per heavy atom. The fraction of sp³-hybridized carbons (Fsp3) is 0.235. The summed E-state index contributed by atoms with van der Waals surface area (Å²) in [4.78, 5) is 3.99. The van der Waals surface area contributed by atoms with Gasteiger partial charge in [0, 0.05) is 11.8 Å². The van der Waals surface area contributed by atoms with Gasteiger partial charge in [-0.25, -0.2) is 0 Å². The molecule has 0 fully saturated rings. The Hall–Kier alpha value is -2.32. The number of aromatic hydroxyl groups is 1. The van der Waals surface area contributed by atoms with Crippen LogP contribution in [-0.2, 0) is 0 Å². The van der Waals surface area contributed by atoms with Crippen LogP contribution in [0.4, 0.5) is 11.4 Å². The lowest BCUT2D eigenvalue weighted by Crippen LogP contribution is -2.39. The monoisotopic (exact) mass is 363 g/mol. The van der Waals surface area contributed by atoms with Crippen LogP contribution >= 0.6 is 11.6 Å². The van der Waals surface area contributed by atoms with Crippen molar-refractivity contribution < 1.29 is 20.4 Å². The van der Waals surface area contributed by atoms with Gasteiger partial charge in [0.05, 0.1) is 30.5 Å². The Morgan fingerprint density at radius 3 is 2.28 bits per heavy atom. The van der Waals surface area contributed by atoms with Gasteiger partial charge in [-0.3, -0.25) is 4.99 Å². The summed E-state index contributed by atoms with van der Waals surface area (Å²) in [6.07, 6.45) is 1.26. The van der Waals surface area contributed by atoms with Crippen molar-refractivity contribution in [3.8, 4) is 5.75 Å². The van der Waals surface area contributed by atoms with Crippen LogP contribution in [0, 0.1) is 0 Å². The van der Waals surface area contributed by atoms with E-state index < -0.39 is 25.4 Å². The average molecular weight is 364 g/mol. The summed E-state index contributed by atoms with van der Waals surface area (Å²) in [5.74, 6) is -0.0665. The topological polar surface area (TPSA) is 118 Å². The molecular weight excluding hydrogens is 346 g/mol. The van der Waals surface area contributed by atoms with E-state index in [1.807, 2.05) is 0 Å². The van der Waals surface area contributed by atoms with Crippen molar-refractivity contribution in [3.63, 3.8) is 0 Å². The first-order valence-corrected chi connectivity index (χ1v) is 7.78. The van der Waals surface area contributed by atoms with E-state index in [-0.39, 0.29) is 5.75 Å². The maximum absolute atomic E-state index is 9.91. The summed E-state index contributed by atoms with van der Waals surface area (Å²) in [7, 11) is 0. The standard InChI is InChI=1S/C17H18ClN3O4/c18-14-3-1-2-4-15(14)21-20-13-5-6-16(25)12(7-13)8-19-17(9-22,10-23)11-24/h1-8,22-25H,9-11H2. The number of benzene rings is 2. The highest BCUT2D eigenvalue weighted by atomic mass is 35.5. The van der Waals surface area contributed by atoms with E-state index in [1.165, 1.54) is 18.3 Å². The molecule has 0 radical (unpaired) electrons. The molecule has 0 unspecified atom stereocenters. The third-order valence-corrected chi connectivity index (χ3v) is 3.82. The number of hydrogen-bond acceptors (Lipinski definition) is 7. The van der Waals surface area contributed by atoms with Gasteiger partial charge >= 0.3 is 0 Å². The van der Waals surface area contributed by atoms with Crippen molar-refractivity contribution in [3.05, 3.63) is 53.1 Å². The summed E-state index contributed by atoms with van der Waals surface area (Å²) in [6.45, 7) is -1.62. The molecule has 0 spiro atoms. The zero-order valence-corrected chi connectivity index (χ0v) is 14.0. The predicted molar refractivity (Wildman–Crippen MR) is 95.3 cm³/mol. The van der Waals surface area contributed by atoms with E-state index in [1.54, 1.807) is 30.3 Å². The quantitative estimate of drug-likeness (QED) is 0.446. The highest BCUT2D eigenvalue weighted by Crippen LogP contribution is 2.28. The van der Waals surface area contributed by atoms with E-state index in [4.69, 9.17) is 11.6 Å². The van der Waals surface area contributed by atoms with Gasteiger partial charge in [-0.15, -0.1) is 5.11 Å². The first kappa shape index (κ1) is 19.0. The Bertz CT molecular complexity index is 768. The van der Waals surface area contributed by atoms with E-state index in [0.717, 1.165) is 0 Å². The number of aliphatic hydroxyl groups excluding tert-OH is 3. The molecule has 2 aromatic carbocycles. The van der Waals surface area contributed by atoms with Gasteiger partial charge in [0.25, 0.3) is 0 Å². The molecule has 0 saturated carbocycles. The molecule has 0 saturated heterocycles. The molecule has 4 N–H and O–H groups in total. The molecule has 0 aliphatic heterocycles. The Morgan fingerprint density at radius 2 is 1.64 bits per heavy atom. The number of halogens is 1. The van der Waals surface area contributed by atoms with Crippen LogP contribution in [0.5, 0.6) is 5.75 Å². The minimum Gasteiger partial charge on any atom is -0.507 e. The second-order valence-electron chi connectivity index (χ2n) is 5.35.